The van der Waals surface area contributed by atoms with Gasteiger partial charge in [0.15, 0.2) is 0 Å². The lowest BCUT2D eigenvalue weighted by Gasteiger charge is -1.89. The molecule has 0 atom stereocenters. The van der Waals surface area contributed by atoms with E-state index < -0.39 is 0 Å². The fourth-order valence-corrected chi connectivity index (χ4v) is 0.714. The van der Waals surface area contributed by atoms with E-state index in [2.05, 4.69) is 67.2 Å². The number of nitrogens with two attached hydrogens (primary N) is 3. The largest absolute Gasteiger partial charge is 0.405 e. The van der Waals surface area contributed by atoms with Crippen molar-refractivity contribution in [1.82, 2.24) is 0 Å². The average molecular weight is 229 g/mol. The second-order valence-electron chi connectivity index (χ2n) is 2.07. The summed E-state index contributed by atoms with van der Waals surface area (Å²) >= 11 is 3.03. The van der Waals surface area contributed by atoms with Crippen molar-refractivity contribution in [3.8, 4) is 0 Å². The Bertz CT molecular complexity index is 190. The van der Waals surface area contributed by atoms with Crippen molar-refractivity contribution in [3.05, 3.63) is 48.7 Å². The van der Waals surface area contributed by atoms with Crippen molar-refractivity contribution in [2.45, 2.75) is 13.3 Å². The molecule has 3 nitrogen and oxygen atoms in total. The Morgan fingerprint density at radius 3 is 1.73 bits per heavy atom. The molecule has 0 spiro atoms. The zero-order valence-corrected chi connectivity index (χ0v) is 10.5. The normalized spacial score (nSPS) is 6.47. The van der Waals surface area contributed by atoms with Crippen LogP contribution < -0.4 is 16.6 Å². The van der Waals surface area contributed by atoms with Crippen LogP contribution in [0.5, 0.6) is 0 Å². The fraction of sp³-hybridized carbons (Fsp3) is 0.273. The molecule has 1 rings (SSSR count). The molecule has 15 heavy (non-hydrogen) atoms. The highest BCUT2D eigenvalue weighted by molar-refractivity contribution is 7.77. The van der Waals surface area contributed by atoms with Gasteiger partial charge in [0.05, 0.1) is 0 Å². The summed E-state index contributed by atoms with van der Waals surface area (Å²) in [4.78, 5) is 0. The fourth-order valence-electron chi connectivity index (χ4n) is 0.714. The van der Waals surface area contributed by atoms with Crippen LogP contribution in [0.3, 0.4) is 0 Å². The topological polar surface area (TPSA) is 78.1 Å². The van der Waals surface area contributed by atoms with Crippen LogP contribution in [0.25, 0.3) is 0 Å². The number of aryl methyl sites for hydroxylation is 1. The third kappa shape index (κ3) is 19.4. The smallest absolute Gasteiger partial charge is 0.0136 e. The van der Waals surface area contributed by atoms with Crippen molar-refractivity contribution in [2.75, 3.05) is 7.05 Å². The first-order valence-electron chi connectivity index (χ1n) is 4.55. The van der Waals surface area contributed by atoms with Gasteiger partial charge in [0, 0.05) is 0 Å². The molecule has 0 saturated heterocycles. The summed E-state index contributed by atoms with van der Waals surface area (Å²) in [6.07, 6.45) is 2.39. The summed E-state index contributed by atoms with van der Waals surface area (Å²) < 4.78 is 0. The molecule has 88 valence electrons. The van der Waals surface area contributed by atoms with Gasteiger partial charge in [-0.05, 0) is 25.2 Å². The van der Waals surface area contributed by atoms with Crippen molar-refractivity contribution in [2.24, 2.45) is 16.6 Å². The second kappa shape index (κ2) is 23.1. The lowest BCUT2D eigenvalue weighted by molar-refractivity contribution is 1.14. The molecular formula is C11H23N3S. The van der Waals surface area contributed by atoms with Crippen LogP contribution in [-0.4, -0.2) is 7.05 Å². The third-order valence-electron chi connectivity index (χ3n) is 1.25. The van der Waals surface area contributed by atoms with Gasteiger partial charge in [-0.25, -0.2) is 0 Å². The maximum absolute atomic E-state index is 4.61. The van der Waals surface area contributed by atoms with E-state index in [1.165, 1.54) is 18.8 Å². The third-order valence-corrected chi connectivity index (χ3v) is 1.25. The number of hydrogen-bond acceptors (Lipinski definition) is 4. The quantitative estimate of drug-likeness (QED) is 0.554. The maximum atomic E-state index is 4.61. The standard InChI is InChI=1S/C8H10.C2H5N.CH5N.H3NS/c1-2-8-6-4-3-5-7-8;1-2-3;2*1-2/h3-7H,2H2,1H3;2H,1,3H2;2H2,1H3;2H,1H2. The molecule has 0 amide bonds. The van der Waals surface area contributed by atoms with E-state index in [0.717, 1.165) is 6.42 Å². The molecule has 1 aromatic carbocycles. The van der Waals surface area contributed by atoms with E-state index >= 15 is 0 Å². The first-order valence-corrected chi connectivity index (χ1v) is 5.06. The van der Waals surface area contributed by atoms with Gasteiger partial charge in [0.1, 0.15) is 0 Å². The van der Waals surface area contributed by atoms with Gasteiger partial charge in [-0.15, -0.1) is 12.8 Å². The Balaban J connectivity index is -0.000000176. The summed E-state index contributed by atoms with van der Waals surface area (Å²) in [7, 11) is 1.50. The summed E-state index contributed by atoms with van der Waals surface area (Å²) in [6, 6.07) is 10.5. The summed E-state index contributed by atoms with van der Waals surface area (Å²) in [5, 5.41) is 4.19. The van der Waals surface area contributed by atoms with Crippen LogP contribution in [0, 0.1) is 0 Å². The van der Waals surface area contributed by atoms with E-state index in [1.54, 1.807) is 0 Å². The molecule has 6 N–H and O–H groups in total. The number of thiol groups is 1. The van der Waals surface area contributed by atoms with Crippen molar-refractivity contribution in [3.63, 3.8) is 0 Å². The molecule has 0 saturated carbocycles. The average Bonchev–Trinajstić information content (AvgIpc) is 2.36. The highest BCUT2D eigenvalue weighted by Gasteiger charge is 1.79. The molecule has 0 unspecified atom stereocenters. The molecule has 0 bridgehead atoms. The van der Waals surface area contributed by atoms with Crippen LogP contribution >= 0.6 is 12.8 Å². The highest BCUT2D eigenvalue weighted by atomic mass is 32.1. The molecular weight excluding hydrogens is 206 g/mol. The zero-order valence-electron chi connectivity index (χ0n) is 9.56. The van der Waals surface area contributed by atoms with Crippen molar-refractivity contribution in [1.29, 1.82) is 0 Å². The van der Waals surface area contributed by atoms with E-state index in [4.69, 9.17) is 0 Å². The summed E-state index contributed by atoms with van der Waals surface area (Å²) in [6.45, 7) is 5.30. The van der Waals surface area contributed by atoms with Crippen molar-refractivity contribution < 1.29 is 0 Å². The summed E-state index contributed by atoms with van der Waals surface area (Å²) in [5.74, 6) is 0. The lowest BCUT2D eigenvalue weighted by atomic mass is 10.2. The lowest BCUT2D eigenvalue weighted by Crippen LogP contribution is -1.73. The summed E-state index contributed by atoms with van der Waals surface area (Å²) in [5.41, 5.74) is 10.5. The Kier molecular flexibility index (Phi) is 30.2. The van der Waals surface area contributed by atoms with Gasteiger partial charge < -0.3 is 11.5 Å². The molecule has 0 aliphatic rings. The van der Waals surface area contributed by atoms with Gasteiger partial charge in [-0.2, -0.15) is 0 Å². The maximum Gasteiger partial charge on any atom is -0.0136 e. The first kappa shape index (κ1) is 19.6. The second-order valence-corrected chi connectivity index (χ2v) is 2.07. The number of benzene rings is 1. The van der Waals surface area contributed by atoms with Crippen LogP contribution in [0.4, 0.5) is 0 Å². The van der Waals surface area contributed by atoms with E-state index in [1.807, 2.05) is 6.07 Å². The van der Waals surface area contributed by atoms with E-state index in [0.29, 0.717) is 0 Å². The number of rotatable bonds is 1. The first-order chi connectivity index (χ1) is 7.35. The molecule has 0 aliphatic heterocycles. The SMILES string of the molecule is C=CN.CCc1ccccc1.CN.NS. The van der Waals surface area contributed by atoms with E-state index in [-0.39, 0.29) is 0 Å². The van der Waals surface area contributed by atoms with Crippen LogP contribution in [0.15, 0.2) is 43.1 Å². The van der Waals surface area contributed by atoms with E-state index in [9.17, 15) is 0 Å². The van der Waals surface area contributed by atoms with Crippen molar-refractivity contribution >= 4 is 12.8 Å². The Hall–Kier alpha value is -0.970. The highest BCUT2D eigenvalue weighted by Crippen LogP contribution is 1.96. The molecule has 0 heterocycles. The molecule has 0 aliphatic carbocycles. The predicted octanol–water partition coefficient (Wildman–Crippen LogP) is 1.70. The Morgan fingerprint density at radius 2 is 1.53 bits per heavy atom. The van der Waals surface area contributed by atoms with Gasteiger partial charge in [0.2, 0.25) is 0 Å². The van der Waals surface area contributed by atoms with Crippen LogP contribution in [0.2, 0.25) is 0 Å². The van der Waals surface area contributed by atoms with Gasteiger partial charge in [-0.3, -0.25) is 5.14 Å². The Morgan fingerprint density at radius 1 is 1.20 bits per heavy atom. The predicted molar refractivity (Wildman–Crippen MR) is 73.5 cm³/mol. The van der Waals surface area contributed by atoms with Crippen LogP contribution in [0.1, 0.15) is 12.5 Å². The minimum Gasteiger partial charge on any atom is -0.405 e. The van der Waals surface area contributed by atoms with Gasteiger partial charge >= 0.3 is 0 Å². The zero-order chi connectivity index (χ0) is 12.5. The molecule has 4 heteroatoms. The molecule has 0 radical (unpaired) electrons. The molecule has 0 aromatic heterocycles. The molecule has 1 aromatic rings. The van der Waals surface area contributed by atoms with Gasteiger partial charge in [0.25, 0.3) is 0 Å². The van der Waals surface area contributed by atoms with Gasteiger partial charge in [-0.1, -0.05) is 43.8 Å². The minimum absolute atomic E-state index is 1.14. The van der Waals surface area contributed by atoms with Crippen LogP contribution in [-0.2, 0) is 6.42 Å². The monoisotopic (exact) mass is 229 g/mol. The molecule has 0 fully saturated rings. The number of hydrogen-bond donors (Lipinski definition) is 4. The Labute approximate surface area is 98.9 Å². The minimum atomic E-state index is 1.14.